The summed E-state index contributed by atoms with van der Waals surface area (Å²) in [6, 6.07) is 9.65. The van der Waals surface area contributed by atoms with Gasteiger partial charge in [-0.05, 0) is 36.1 Å². The van der Waals surface area contributed by atoms with Gasteiger partial charge in [-0.1, -0.05) is 23.7 Å². The molecule has 2 rings (SSSR count). The molecule has 0 aliphatic carbocycles. The lowest BCUT2D eigenvalue weighted by Gasteiger charge is -2.14. The van der Waals surface area contributed by atoms with E-state index in [2.05, 4.69) is 16.8 Å². The average Bonchev–Trinajstić information content (AvgIpc) is 2.87. The Kier molecular flexibility index (Phi) is 5.17. The fourth-order valence-corrected chi connectivity index (χ4v) is 2.98. The van der Waals surface area contributed by atoms with Crippen LogP contribution in [0, 0.1) is 6.92 Å². The predicted octanol–water partition coefficient (Wildman–Crippen LogP) is 2.36. The molecule has 2 N–H and O–H groups in total. The van der Waals surface area contributed by atoms with Gasteiger partial charge in [-0.25, -0.2) is 0 Å². The van der Waals surface area contributed by atoms with E-state index in [4.69, 9.17) is 11.6 Å². The third-order valence-electron chi connectivity index (χ3n) is 3.06. The Morgan fingerprint density at radius 3 is 2.85 bits per heavy atom. The summed E-state index contributed by atoms with van der Waals surface area (Å²) in [6.45, 7) is 3.20. The number of halogens is 1. The Morgan fingerprint density at radius 2 is 2.15 bits per heavy atom. The number of carbonyl (C=O) groups excluding carboxylic acids is 1. The van der Waals surface area contributed by atoms with Gasteiger partial charge in [-0.2, -0.15) is 0 Å². The smallest absolute Gasteiger partial charge is 0.279 e. The first-order valence-corrected chi connectivity index (χ1v) is 7.70. The zero-order valence-electron chi connectivity index (χ0n) is 11.6. The molecule has 1 heterocycles. The number of quaternary nitrogens is 1. The summed E-state index contributed by atoms with van der Waals surface area (Å²) >= 11 is 7.76. The summed E-state index contributed by atoms with van der Waals surface area (Å²) in [5.41, 5.74) is 1.69. The number of likely N-dealkylation sites (N-methyl/N-ethyl adjacent to an activating group) is 1. The highest BCUT2D eigenvalue weighted by Crippen LogP contribution is 2.22. The summed E-state index contributed by atoms with van der Waals surface area (Å²) < 4.78 is 0. The van der Waals surface area contributed by atoms with Crippen LogP contribution in [0.1, 0.15) is 10.4 Å². The van der Waals surface area contributed by atoms with Gasteiger partial charge < -0.3 is 10.2 Å². The zero-order chi connectivity index (χ0) is 14.5. The standard InChI is InChI=1S/C15H17ClN2OS/c1-11-13(16)6-3-7-14(11)17-15(19)10-18(2)9-12-5-4-8-20-12/h3-8H,9-10H2,1-2H3,(H,17,19)/p+1. The van der Waals surface area contributed by atoms with Crippen LogP contribution in [0.2, 0.25) is 5.02 Å². The average molecular weight is 310 g/mol. The molecule has 1 aromatic carbocycles. The largest absolute Gasteiger partial charge is 0.325 e. The first-order chi connectivity index (χ1) is 9.56. The van der Waals surface area contributed by atoms with E-state index in [-0.39, 0.29) is 5.91 Å². The SMILES string of the molecule is Cc1c(Cl)cccc1NC(=O)C[NH+](C)Cc1cccs1. The second-order valence-electron chi connectivity index (χ2n) is 4.85. The third-order valence-corrected chi connectivity index (χ3v) is 4.35. The highest BCUT2D eigenvalue weighted by molar-refractivity contribution is 7.09. The van der Waals surface area contributed by atoms with Crippen LogP contribution in [0.4, 0.5) is 5.69 Å². The number of amides is 1. The van der Waals surface area contributed by atoms with Crippen LogP contribution >= 0.6 is 22.9 Å². The van der Waals surface area contributed by atoms with Gasteiger partial charge in [0.15, 0.2) is 6.54 Å². The van der Waals surface area contributed by atoms with Crippen LogP contribution in [0.3, 0.4) is 0 Å². The van der Waals surface area contributed by atoms with E-state index in [9.17, 15) is 4.79 Å². The third kappa shape index (κ3) is 4.07. The normalized spacial score (nSPS) is 12.2. The number of hydrogen-bond acceptors (Lipinski definition) is 2. The molecule has 0 spiro atoms. The number of hydrogen-bond donors (Lipinski definition) is 2. The molecule has 0 fully saturated rings. The molecule has 1 unspecified atom stereocenters. The summed E-state index contributed by atoms with van der Waals surface area (Å²) in [5.74, 6) is 0.00410. The van der Waals surface area contributed by atoms with Gasteiger partial charge in [0.1, 0.15) is 6.54 Å². The lowest BCUT2D eigenvalue weighted by atomic mass is 10.2. The maximum atomic E-state index is 12.0. The van der Waals surface area contributed by atoms with Crippen LogP contribution in [-0.4, -0.2) is 19.5 Å². The molecule has 0 bridgehead atoms. The Bertz CT molecular complexity index is 584. The molecule has 0 saturated carbocycles. The van der Waals surface area contributed by atoms with E-state index in [1.165, 1.54) is 4.88 Å². The summed E-state index contributed by atoms with van der Waals surface area (Å²) in [4.78, 5) is 14.5. The predicted molar refractivity (Wildman–Crippen MR) is 84.6 cm³/mol. The lowest BCUT2D eigenvalue weighted by Crippen LogP contribution is -3.08. The van der Waals surface area contributed by atoms with Gasteiger partial charge in [0.25, 0.3) is 5.91 Å². The summed E-state index contributed by atoms with van der Waals surface area (Å²) in [5, 5.41) is 5.64. The van der Waals surface area contributed by atoms with E-state index in [1.807, 2.05) is 38.2 Å². The summed E-state index contributed by atoms with van der Waals surface area (Å²) in [7, 11) is 2.02. The lowest BCUT2D eigenvalue weighted by molar-refractivity contribution is -0.884. The second-order valence-corrected chi connectivity index (χ2v) is 6.29. The molecule has 2 aromatic rings. The van der Waals surface area contributed by atoms with Gasteiger partial charge in [-0.3, -0.25) is 4.79 Å². The number of thiophene rings is 1. The minimum Gasteiger partial charge on any atom is -0.325 e. The fourth-order valence-electron chi connectivity index (χ4n) is 1.98. The number of rotatable bonds is 5. The molecule has 1 atom stereocenters. The molecular weight excluding hydrogens is 292 g/mol. The number of anilines is 1. The molecule has 1 amide bonds. The first-order valence-electron chi connectivity index (χ1n) is 6.45. The van der Waals surface area contributed by atoms with Crippen LogP contribution in [-0.2, 0) is 11.3 Å². The molecular formula is C15H18ClN2OS+. The maximum Gasteiger partial charge on any atom is 0.279 e. The van der Waals surface area contributed by atoms with Crippen molar-refractivity contribution in [1.29, 1.82) is 0 Å². The van der Waals surface area contributed by atoms with Gasteiger partial charge in [0.05, 0.1) is 11.9 Å². The van der Waals surface area contributed by atoms with Crippen molar-refractivity contribution in [2.45, 2.75) is 13.5 Å². The van der Waals surface area contributed by atoms with E-state index in [0.717, 1.165) is 22.7 Å². The minimum atomic E-state index is 0.00410. The van der Waals surface area contributed by atoms with Crippen LogP contribution < -0.4 is 10.2 Å². The van der Waals surface area contributed by atoms with E-state index >= 15 is 0 Å². The highest BCUT2D eigenvalue weighted by Gasteiger charge is 2.12. The van der Waals surface area contributed by atoms with Crippen molar-refractivity contribution in [2.75, 3.05) is 18.9 Å². The van der Waals surface area contributed by atoms with Crippen LogP contribution in [0.25, 0.3) is 0 Å². The molecule has 5 heteroatoms. The molecule has 3 nitrogen and oxygen atoms in total. The van der Waals surface area contributed by atoms with E-state index < -0.39 is 0 Å². The van der Waals surface area contributed by atoms with Crippen molar-refractivity contribution < 1.29 is 9.69 Å². The number of nitrogens with one attached hydrogen (secondary N) is 2. The van der Waals surface area contributed by atoms with Crippen molar-refractivity contribution in [2.24, 2.45) is 0 Å². The highest BCUT2D eigenvalue weighted by atomic mass is 35.5. The van der Waals surface area contributed by atoms with Crippen molar-refractivity contribution in [3.05, 3.63) is 51.2 Å². The summed E-state index contributed by atoms with van der Waals surface area (Å²) in [6.07, 6.45) is 0. The topological polar surface area (TPSA) is 33.5 Å². The first kappa shape index (κ1) is 15.0. The van der Waals surface area contributed by atoms with Crippen LogP contribution in [0.5, 0.6) is 0 Å². The van der Waals surface area contributed by atoms with E-state index in [0.29, 0.717) is 11.6 Å². The van der Waals surface area contributed by atoms with Crippen molar-refractivity contribution in [3.63, 3.8) is 0 Å². The molecule has 0 saturated heterocycles. The number of carbonyl (C=O) groups is 1. The molecule has 0 radical (unpaired) electrons. The molecule has 106 valence electrons. The van der Waals surface area contributed by atoms with Gasteiger partial charge in [0.2, 0.25) is 0 Å². The van der Waals surface area contributed by atoms with E-state index in [1.54, 1.807) is 11.3 Å². The number of benzene rings is 1. The Morgan fingerprint density at radius 1 is 1.35 bits per heavy atom. The molecule has 20 heavy (non-hydrogen) atoms. The zero-order valence-corrected chi connectivity index (χ0v) is 13.1. The van der Waals surface area contributed by atoms with Crippen LogP contribution in [0.15, 0.2) is 35.7 Å². The Hall–Kier alpha value is -1.36. The minimum absolute atomic E-state index is 0.00410. The molecule has 1 aromatic heterocycles. The monoisotopic (exact) mass is 309 g/mol. The fraction of sp³-hybridized carbons (Fsp3) is 0.267. The van der Waals surface area contributed by atoms with Crippen molar-refractivity contribution in [1.82, 2.24) is 0 Å². The maximum absolute atomic E-state index is 12.0. The molecule has 0 aliphatic rings. The molecule has 0 aliphatic heterocycles. The van der Waals surface area contributed by atoms with Crippen molar-refractivity contribution >= 4 is 34.5 Å². The van der Waals surface area contributed by atoms with Gasteiger partial charge in [0, 0.05) is 10.7 Å². The Labute approximate surface area is 128 Å². The Balaban J connectivity index is 1.90. The van der Waals surface area contributed by atoms with Gasteiger partial charge in [-0.15, -0.1) is 11.3 Å². The second kappa shape index (κ2) is 6.88. The quantitative estimate of drug-likeness (QED) is 0.873. The van der Waals surface area contributed by atoms with Crippen molar-refractivity contribution in [3.8, 4) is 0 Å². The van der Waals surface area contributed by atoms with Gasteiger partial charge >= 0.3 is 0 Å².